The van der Waals surface area contributed by atoms with Crippen molar-refractivity contribution < 1.29 is 30.0 Å². The van der Waals surface area contributed by atoms with E-state index in [9.17, 15) is 15.0 Å². The van der Waals surface area contributed by atoms with Gasteiger partial charge in [-0.15, -0.1) is 0 Å². The van der Waals surface area contributed by atoms with E-state index < -0.39 is 12.1 Å². The Hall–Kier alpha value is -1.79. The molecule has 1 aromatic carbocycles. The maximum atomic E-state index is 10.6. The summed E-state index contributed by atoms with van der Waals surface area (Å²) >= 11 is 0. The van der Waals surface area contributed by atoms with Gasteiger partial charge < -0.3 is 25.2 Å². The normalized spacial score (nSPS) is 12.8. The third-order valence-corrected chi connectivity index (χ3v) is 3.66. The fourth-order valence-electron chi connectivity index (χ4n) is 2.08. The minimum absolute atomic E-state index is 0.0223. The number of benzene rings is 1. The molecule has 0 radical (unpaired) electrons. The van der Waals surface area contributed by atoms with Crippen LogP contribution in [0.5, 0.6) is 11.5 Å². The molecule has 0 saturated heterocycles. The molecular weight excluding hydrogens is 336 g/mol. The molecule has 6 nitrogen and oxygen atoms in total. The van der Waals surface area contributed by atoms with Crippen LogP contribution >= 0.6 is 0 Å². The summed E-state index contributed by atoms with van der Waals surface area (Å²) < 4.78 is 5.56. The van der Waals surface area contributed by atoms with Crippen LogP contribution < -0.4 is 4.74 Å². The van der Waals surface area contributed by atoms with Gasteiger partial charge in [-0.2, -0.15) is 0 Å². The first-order valence-electron chi connectivity index (χ1n) is 8.75. The second kappa shape index (κ2) is 9.78. The highest BCUT2D eigenvalue weighted by Crippen LogP contribution is 2.41. The van der Waals surface area contributed by atoms with Crippen molar-refractivity contribution in [1.29, 1.82) is 0 Å². The zero-order valence-corrected chi connectivity index (χ0v) is 17.0. The van der Waals surface area contributed by atoms with E-state index in [0.717, 1.165) is 11.1 Å². The molecule has 0 bridgehead atoms. The van der Waals surface area contributed by atoms with E-state index in [2.05, 4.69) is 0 Å². The highest BCUT2D eigenvalue weighted by atomic mass is 16.5. The van der Waals surface area contributed by atoms with Crippen LogP contribution in [0.25, 0.3) is 0 Å². The molecule has 6 heteroatoms. The molecule has 0 spiro atoms. The number of ether oxygens (including phenoxy) is 1. The number of aliphatic carboxylic acids is 1. The lowest BCUT2D eigenvalue weighted by Crippen LogP contribution is -2.22. The van der Waals surface area contributed by atoms with E-state index in [1.807, 2.05) is 41.5 Å². The van der Waals surface area contributed by atoms with Crippen molar-refractivity contribution in [3.63, 3.8) is 0 Å². The summed E-state index contributed by atoms with van der Waals surface area (Å²) in [5, 5.41) is 36.5. The van der Waals surface area contributed by atoms with Crippen molar-refractivity contribution in [3.8, 4) is 11.5 Å². The third kappa shape index (κ3) is 8.06. The number of phenolic OH excluding ortho intramolecular Hbond substituents is 1. The van der Waals surface area contributed by atoms with Gasteiger partial charge in [0.25, 0.3) is 0 Å². The van der Waals surface area contributed by atoms with Gasteiger partial charge in [-0.25, -0.2) is 0 Å². The summed E-state index contributed by atoms with van der Waals surface area (Å²) in [6.45, 7) is 13.5. The molecule has 0 amide bonds. The molecule has 0 heterocycles. The Labute approximate surface area is 156 Å². The second-order valence-electron chi connectivity index (χ2n) is 8.26. The van der Waals surface area contributed by atoms with E-state index in [1.54, 1.807) is 19.1 Å². The minimum Gasteiger partial charge on any atom is -0.507 e. The number of aromatic hydroxyl groups is 1. The fourth-order valence-corrected chi connectivity index (χ4v) is 2.08. The Bertz CT molecular complexity index is 546. The minimum atomic E-state index is -0.907. The Balaban J connectivity index is 0.00000110. The van der Waals surface area contributed by atoms with E-state index in [0.29, 0.717) is 11.5 Å². The van der Waals surface area contributed by atoms with Crippen molar-refractivity contribution in [2.45, 2.75) is 71.8 Å². The maximum Gasteiger partial charge on any atom is 0.303 e. The number of hydrogen-bond acceptors (Lipinski definition) is 5. The molecule has 150 valence electrons. The summed E-state index contributed by atoms with van der Waals surface area (Å²) in [6.07, 6.45) is -0.685. The lowest BCUT2D eigenvalue weighted by atomic mass is 9.79. The number of aliphatic hydroxyl groups excluding tert-OH is 2. The first-order valence-corrected chi connectivity index (χ1v) is 8.75. The maximum absolute atomic E-state index is 10.6. The van der Waals surface area contributed by atoms with E-state index in [4.69, 9.17) is 14.9 Å². The molecule has 0 aromatic heterocycles. The highest BCUT2D eigenvalue weighted by molar-refractivity contribution is 5.66. The number of aliphatic hydroxyl groups is 2. The molecule has 0 fully saturated rings. The zero-order valence-electron chi connectivity index (χ0n) is 17.0. The quantitative estimate of drug-likeness (QED) is 0.634. The van der Waals surface area contributed by atoms with Crippen molar-refractivity contribution in [2.75, 3.05) is 13.2 Å². The average molecular weight is 370 g/mol. The number of phenols is 1. The number of hydrogen-bond donors (Lipinski definition) is 4. The van der Waals surface area contributed by atoms with Crippen molar-refractivity contribution >= 4 is 5.97 Å². The van der Waals surface area contributed by atoms with Crippen LogP contribution in [-0.2, 0) is 15.6 Å². The SMILES string of the molecule is CC(C)(C)c1cc(OCC(O)CO)cc(C(C)(C)C)c1O.CCC(=O)O. The van der Waals surface area contributed by atoms with Crippen LogP contribution in [0.3, 0.4) is 0 Å². The van der Waals surface area contributed by atoms with Gasteiger partial charge in [0.05, 0.1) is 6.61 Å². The summed E-state index contributed by atoms with van der Waals surface area (Å²) in [7, 11) is 0. The molecule has 1 unspecified atom stereocenters. The molecular formula is C20H34O6. The number of rotatable bonds is 5. The second-order valence-corrected chi connectivity index (χ2v) is 8.26. The topological polar surface area (TPSA) is 107 Å². The molecule has 0 aliphatic heterocycles. The predicted molar refractivity (Wildman–Crippen MR) is 102 cm³/mol. The van der Waals surface area contributed by atoms with Crippen molar-refractivity contribution in [1.82, 2.24) is 0 Å². The van der Waals surface area contributed by atoms with Gasteiger partial charge in [0.2, 0.25) is 0 Å². The molecule has 0 aliphatic rings. The molecule has 0 aliphatic carbocycles. The van der Waals surface area contributed by atoms with Crippen LogP contribution in [0.15, 0.2) is 12.1 Å². The van der Waals surface area contributed by atoms with Crippen LogP contribution in [0, 0.1) is 0 Å². The number of carbonyl (C=O) groups is 1. The van der Waals surface area contributed by atoms with Gasteiger partial charge in [-0.3, -0.25) is 4.79 Å². The fraction of sp³-hybridized carbons (Fsp3) is 0.650. The average Bonchev–Trinajstić information content (AvgIpc) is 2.51. The van der Waals surface area contributed by atoms with Gasteiger partial charge in [-0.1, -0.05) is 48.5 Å². The molecule has 1 atom stereocenters. The summed E-state index contributed by atoms with van der Waals surface area (Å²) in [5.74, 6) is 0.144. The highest BCUT2D eigenvalue weighted by Gasteiger charge is 2.27. The molecule has 4 N–H and O–H groups in total. The standard InChI is InChI=1S/C17H28O4.C3H6O2/c1-16(2,3)13-7-12(21-10-11(19)9-18)8-14(15(13)20)17(4,5)6;1-2-3(4)5/h7-8,11,18-20H,9-10H2,1-6H3;2H2,1H3,(H,4,5). The first-order chi connectivity index (χ1) is 11.7. The van der Waals surface area contributed by atoms with Crippen molar-refractivity contribution in [2.24, 2.45) is 0 Å². The van der Waals surface area contributed by atoms with Gasteiger partial charge >= 0.3 is 5.97 Å². The van der Waals surface area contributed by atoms with Crippen LogP contribution in [0.2, 0.25) is 0 Å². The van der Waals surface area contributed by atoms with Crippen molar-refractivity contribution in [3.05, 3.63) is 23.3 Å². The number of carboxylic acids is 1. The Morgan fingerprint density at radius 2 is 1.46 bits per heavy atom. The lowest BCUT2D eigenvalue weighted by molar-refractivity contribution is -0.136. The molecule has 0 saturated carbocycles. The van der Waals surface area contributed by atoms with Crippen LogP contribution in [-0.4, -0.2) is 45.7 Å². The van der Waals surface area contributed by atoms with E-state index >= 15 is 0 Å². The first kappa shape index (κ1) is 24.2. The van der Waals surface area contributed by atoms with E-state index in [1.165, 1.54) is 0 Å². The third-order valence-electron chi connectivity index (χ3n) is 3.66. The number of carboxylic acid groups (broad SMARTS) is 1. The molecule has 1 rings (SSSR count). The summed E-state index contributed by atoms with van der Waals surface area (Å²) in [5.41, 5.74) is 1.17. The van der Waals surface area contributed by atoms with E-state index in [-0.39, 0.29) is 30.5 Å². The summed E-state index contributed by atoms with van der Waals surface area (Å²) in [4.78, 5) is 9.37. The summed E-state index contributed by atoms with van der Waals surface area (Å²) in [6, 6.07) is 3.60. The van der Waals surface area contributed by atoms with Gasteiger partial charge in [0.15, 0.2) is 0 Å². The monoisotopic (exact) mass is 370 g/mol. The lowest BCUT2D eigenvalue weighted by Gasteiger charge is -2.28. The van der Waals surface area contributed by atoms with Crippen LogP contribution in [0.4, 0.5) is 0 Å². The molecule has 26 heavy (non-hydrogen) atoms. The zero-order chi connectivity index (χ0) is 20.7. The van der Waals surface area contributed by atoms with Crippen LogP contribution in [0.1, 0.15) is 66.0 Å². The van der Waals surface area contributed by atoms with Gasteiger partial charge in [0.1, 0.15) is 24.2 Å². The van der Waals surface area contributed by atoms with Gasteiger partial charge in [0, 0.05) is 17.5 Å². The smallest absolute Gasteiger partial charge is 0.303 e. The molecule has 1 aromatic rings. The Morgan fingerprint density at radius 3 is 1.73 bits per heavy atom. The Morgan fingerprint density at radius 1 is 1.08 bits per heavy atom. The predicted octanol–water partition coefficient (Wildman–Crippen LogP) is 3.20. The van der Waals surface area contributed by atoms with Gasteiger partial charge in [-0.05, 0) is 23.0 Å². The Kier molecular flexibility index (Phi) is 9.11. The largest absolute Gasteiger partial charge is 0.507 e.